The minimum absolute atomic E-state index is 0.122. The van der Waals surface area contributed by atoms with Gasteiger partial charge >= 0.3 is 12.1 Å². The van der Waals surface area contributed by atoms with Crippen LogP contribution in [0.2, 0.25) is 5.02 Å². The molecule has 0 radical (unpaired) electrons. The SMILES string of the molecule is O=C(OCC(=O)N1CCN(c2ncc(C(F)(F)F)cc2Cl)CC1)c1ccc(F)cc1. The number of hydrogen-bond donors (Lipinski definition) is 0. The summed E-state index contributed by atoms with van der Waals surface area (Å²) in [5.41, 5.74) is -0.815. The maximum absolute atomic E-state index is 12.9. The summed E-state index contributed by atoms with van der Waals surface area (Å²) in [5.74, 6) is -1.46. The van der Waals surface area contributed by atoms with Gasteiger partial charge in [0.15, 0.2) is 6.61 Å². The van der Waals surface area contributed by atoms with E-state index in [2.05, 4.69) is 4.98 Å². The third-order valence-electron chi connectivity index (χ3n) is 4.49. The third kappa shape index (κ3) is 5.18. The van der Waals surface area contributed by atoms with Gasteiger partial charge in [-0.25, -0.2) is 14.2 Å². The Balaban J connectivity index is 1.52. The maximum Gasteiger partial charge on any atom is 0.417 e. The van der Waals surface area contributed by atoms with E-state index >= 15 is 0 Å². The molecular formula is C19H16ClF4N3O3. The highest BCUT2D eigenvalue weighted by Crippen LogP contribution is 2.33. The lowest BCUT2D eigenvalue weighted by Crippen LogP contribution is -2.50. The fourth-order valence-corrected chi connectivity index (χ4v) is 3.16. The van der Waals surface area contributed by atoms with E-state index in [9.17, 15) is 27.2 Å². The van der Waals surface area contributed by atoms with Crippen molar-refractivity contribution in [3.63, 3.8) is 0 Å². The lowest BCUT2D eigenvalue weighted by molar-refractivity contribution is -0.138. The summed E-state index contributed by atoms with van der Waals surface area (Å²) in [6, 6.07) is 5.54. The summed E-state index contributed by atoms with van der Waals surface area (Å²) < 4.78 is 56.0. The Labute approximate surface area is 174 Å². The van der Waals surface area contributed by atoms with Crippen molar-refractivity contribution in [2.75, 3.05) is 37.7 Å². The van der Waals surface area contributed by atoms with Gasteiger partial charge in [-0.3, -0.25) is 4.79 Å². The lowest BCUT2D eigenvalue weighted by atomic mass is 10.2. The molecule has 0 N–H and O–H groups in total. The van der Waals surface area contributed by atoms with Gasteiger partial charge in [-0.05, 0) is 30.3 Å². The molecule has 1 aromatic heterocycles. The third-order valence-corrected chi connectivity index (χ3v) is 4.77. The first kappa shape index (κ1) is 21.8. The van der Waals surface area contributed by atoms with Crippen molar-refractivity contribution in [1.29, 1.82) is 0 Å². The minimum atomic E-state index is -4.54. The highest BCUT2D eigenvalue weighted by atomic mass is 35.5. The molecule has 3 rings (SSSR count). The van der Waals surface area contributed by atoms with Gasteiger partial charge in [-0.2, -0.15) is 13.2 Å². The van der Waals surface area contributed by atoms with Crippen LogP contribution in [0.3, 0.4) is 0 Å². The second-order valence-electron chi connectivity index (χ2n) is 6.48. The average molecular weight is 446 g/mol. The van der Waals surface area contributed by atoms with Crippen LogP contribution in [0.4, 0.5) is 23.4 Å². The standard InChI is InChI=1S/C19H16ClF4N3O3/c20-15-9-13(19(22,23)24)10-25-17(15)27-7-5-26(6-8-27)16(28)11-30-18(29)12-1-3-14(21)4-2-12/h1-4,9-10H,5-8,11H2. The summed E-state index contributed by atoms with van der Waals surface area (Å²) in [7, 11) is 0. The molecule has 11 heteroatoms. The van der Waals surface area contributed by atoms with E-state index in [-0.39, 0.29) is 29.5 Å². The number of amides is 1. The molecule has 2 aromatic rings. The molecule has 0 unspecified atom stereocenters. The Bertz CT molecular complexity index is 930. The van der Waals surface area contributed by atoms with Crippen LogP contribution in [-0.2, 0) is 15.7 Å². The van der Waals surface area contributed by atoms with Crippen LogP contribution < -0.4 is 4.90 Å². The van der Waals surface area contributed by atoms with Gasteiger partial charge in [0.1, 0.15) is 11.6 Å². The molecule has 1 amide bonds. The van der Waals surface area contributed by atoms with Crippen LogP contribution in [0, 0.1) is 5.82 Å². The number of benzene rings is 1. The first-order valence-corrected chi connectivity index (χ1v) is 9.21. The van der Waals surface area contributed by atoms with E-state index < -0.39 is 36.0 Å². The maximum atomic E-state index is 12.9. The van der Waals surface area contributed by atoms with Gasteiger partial charge < -0.3 is 14.5 Å². The molecule has 0 atom stereocenters. The Morgan fingerprint density at radius 3 is 2.30 bits per heavy atom. The zero-order valence-electron chi connectivity index (χ0n) is 15.5. The number of alkyl halides is 3. The van der Waals surface area contributed by atoms with Gasteiger partial charge in [-0.15, -0.1) is 0 Å². The lowest BCUT2D eigenvalue weighted by Gasteiger charge is -2.35. The number of esters is 1. The van der Waals surface area contributed by atoms with Crippen LogP contribution in [0.25, 0.3) is 0 Å². The molecule has 0 bridgehead atoms. The van der Waals surface area contributed by atoms with Crippen LogP contribution in [-0.4, -0.2) is 54.5 Å². The van der Waals surface area contributed by atoms with Gasteiger partial charge in [-0.1, -0.05) is 11.6 Å². The number of halogens is 5. The number of nitrogens with zero attached hydrogens (tertiary/aromatic N) is 3. The van der Waals surface area contributed by atoms with E-state index in [0.29, 0.717) is 19.3 Å². The number of aromatic nitrogens is 1. The molecule has 1 aliphatic heterocycles. The zero-order chi connectivity index (χ0) is 21.9. The number of pyridine rings is 1. The quantitative estimate of drug-likeness (QED) is 0.533. The molecular weight excluding hydrogens is 430 g/mol. The highest BCUT2D eigenvalue weighted by molar-refractivity contribution is 6.33. The molecule has 1 saturated heterocycles. The second kappa shape index (κ2) is 8.86. The van der Waals surface area contributed by atoms with Crippen molar-refractivity contribution in [3.8, 4) is 0 Å². The summed E-state index contributed by atoms with van der Waals surface area (Å²) in [4.78, 5) is 31.1. The molecule has 1 aliphatic rings. The predicted molar refractivity (Wildman–Crippen MR) is 99.7 cm³/mol. The zero-order valence-corrected chi connectivity index (χ0v) is 16.2. The topological polar surface area (TPSA) is 62.7 Å². The fourth-order valence-electron chi connectivity index (χ4n) is 2.87. The van der Waals surface area contributed by atoms with Crippen LogP contribution in [0.1, 0.15) is 15.9 Å². The van der Waals surface area contributed by atoms with E-state index in [1.807, 2.05) is 0 Å². The molecule has 0 aliphatic carbocycles. The molecule has 6 nitrogen and oxygen atoms in total. The number of ether oxygens (including phenoxy) is 1. The summed E-state index contributed by atoms with van der Waals surface area (Å²) in [5, 5.41) is -0.127. The van der Waals surface area contributed by atoms with Crippen molar-refractivity contribution in [1.82, 2.24) is 9.88 Å². The Morgan fingerprint density at radius 1 is 1.10 bits per heavy atom. The molecule has 1 fully saturated rings. The van der Waals surface area contributed by atoms with Crippen molar-refractivity contribution in [2.45, 2.75) is 6.18 Å². The van der Waals surface area contributed by atoms with Gasteiger partial charge in [0.25, 0.3) is 5.91 Å². The van der Waals surface area contributed by atoms with Gasteiger partial charge in [0.05, 0.1) is 16.1 Å². The number of carbonyl (C=O) groups excluding carboxylic acids is 2. The predicted octanol–water partition coefficient (Wildman–Crippen LogP) is 3.40. The van der Waals surface area contributed by atoms with E-state index in [4.69, 9.17) is 16.3 Å². The second-order valence-corrected chi connectivity index (χ2v) is 6.89. The Morgan fingerprint density at radius 2 is 1.73 bits per heavy atom. The van der Waals surface area contributed by atoms with Gasteiger partial charge in [0, 0.05) is 32.4 Å². The Hall–Kier alpha value is -2.88. The van der Waals surface area contributed by atoms with E-state index in [1.54, 1.807) is 4.90 Å². The summed E-state index contributed by atoms with van der Waals surface area (Å²) in [6.45, 7) is 0.638. The smallest absolute Gasteiger partial charge is 0.417 e. The summed E-state index contributed by atoms with van der Waals surface area (Å²) in [6.07, 6.45) is -3.82. The first-order valence-electron chi connectivity index (χ1n) is 8.83. The first-order chi connectivity index (χ1) is 14.1. The van der Waals surface area contributed by atoms with Crippen LogP contribution >= 0.6 is 11.6 Å². The number of hydrogen-bond acceptors (Lipinski definition) is 5. The Kier molecular flexibility index (Phi) is 6.45. The van der Waals surface area contributed by atoms with Crippen LogP contribution in [0.15, 0.2) is 36.5 Å². The molecule has 0 spiro atoms. The van der Waals surface area contributed by atoms with E-state index in [1.165, 1.54) is 17.0 Å². The fraction of sp³-hybridized carbons (Fsp3) is 0.316. The van der Waals surface area contributed by atoms with Crippen molar-refractivity contribution in [3.05, 3.63) is 58.5 Å². The number of anilines is 1. The highest BCUT2D eigenvalue weighted by Gasteiger charge is 2.32. The largest absolute Gasteiger partial charge is 0.452 e. The number of piperazine rings is 1. The summed E-state index contributed by atoms with van der Waals surface area (Å²) >= 11 is 5.95. The molecule has 0 saturated carbocycles. The van der Waals surface area contributed by atoms with Gasteiger partial charge in [0.2, 0.25) is 0 Å². The van der Waals surface area contributed by atoms with Crippen molar-refractivity contribution < 1.29 is 31.9 Å². The molecule has 2 heterocycles. The van der Waals surface area contributed by atoms with Crippen molar-refractivity contribution >= 4 is 29.3 Å². The minimum Gasteiger partial charge on any atom is -0.452 e. The monoisotopic (exact) mass is 445 g/mol. The van der Waals surface area contributed by atoms with Crippen LogP contribution in [0.5, 0.6) is 0 Å². The number of carbonyl (C=O) groups is 2. The van der Waals surface area contributed by atoms with Crippen molar-refractivity contribution in [2.24, 2.45) is 0 Å². The molecule has 30 heavy (non-hydrogen) atoms. The number of rotatable bonds is 4. The van der Waals surface area contributed by atoms with E-state index in [0.717, 1.165) is 18.2 Å². The molecule has 1 aromatic carbocycles. The average Bonchev–Trinajstić information content (AvgIpc) is 2.71. The molecule has 160 valence electrons. The normalized spacial score (nSPS) is 14.6.